The van der Waals surface area contributed by atoms with E-state index >= 15 is 0 Å². The Bertz CT molecular complexity index is 819. The summed E-state index contributed by atoms with van der Waals surface area (Å²) in [6, 6.07) is 18.7. The first-order valence-corrected chi connectivity index (χ1v) is 8.86. The molecule has 0 radical (unpaired) electrons. The summed E-state index contributed by atoms with van der Waals surface area (Å²) < 4.78 is 5.93. The van der Waals surface area contributed by atoms with Crippen LogP contribution in [0.4, 0.5) is 5.13 Å². The molecule has 1 atom stereocenters. The number of hydrogen-bond acceptors (Lipinski definition) is 5. The summed E-state index contributed by atoms with van der Waals surface area (Å²) in [6.07, 6.45) is -0.769. The van der Waals surface area contributed by atoms with Crippen LogP contribution in [0.1, 0.15) is 36.4 Å². The summed E-state index contributed by atoms with van der Waals surface area (Å²) in [5.74, 6) is 0.627. The zero-order valence-corrected chi connectivity index (χ0v) is 14.9. The van der Waals surface area contributed by atoms with E-state index < -0.39 is 6.10 Å². The first-order valence-electron chi connectivity index (χ1n) is 8.04. The summed E-state index contributed by atoms with van der Waals surface area (Å²) >= 11 is 1.38. The van der Waals surface area contributed by atoms with Crippen LogP contribution in [-0.4, -0.2) is 16.1 Å². The van der Waals surface area contributed by atoms with Crippen molar-refractivity contribution < 1.29 is 9.53 Å². The number of ether oxygens (including phenoxy) is 1. The minimum atomic E-state index is -0.769. The number of aromatic nitrogens is 2. The zero-order chi connectivity index (χ0) is 17.6. The van der Waals surface area contributed by atoms with E-state index in [1.807, 2.05) is 74.5 Å². The first-order chi connectivity index (χ1) is 12.1. The minimum absolute atomic E-state index is 0.272. The highest BCUT2D eigenvalue weighted by Gasteiger charge is 2.24. The van der Waals surface area contributed by atoms with Gasteiger partial charge in [-0.05, 0) is 12.1 Å². The van der Waals surface area contributed by atoms with Gasteiger partial charge in [0.2, 0.25) is 11.2 Å². The molecule has 25 heavy (non-hydrogen) atoms. The molecule has 2 aromatic carbocycles. The smallest absolute Gasteiger partial charge is 0.272 e. The topological polar surface area (TPSA) is 64.1 Å². The lowest BCUT2D eigenvalue weighted by Gasteiger charge is -2.18. The Kier molecular flexibility index (Phi) is 5.40. The number of carbonyl (C=O) groups excluding carboxylic acids is 1. The van der Waals surface area contributed by atoms with Gasteiger partial charge in [-0.25, -0.2) is 0 Å². The molecule has 0 saturated heterocycles. The van der Waals surface area contributed by atoms with Gasteiger partial charge in [0.1, 0.15) is 10.8 Å². The second-order valence-corrected chi connectivity index (χ2v) is 6.82. The van der Waals surface area contributed by atoms with Gasteiger partial charge in [-0.2, -0.15) is 0 Å². The molecule has 5 nitrogen and oxygen atoms in total. The lowest BCUT2D eigenvalue weighted by molar-refractivity contribution is -0.123. The Morgan fingerprint density at radius 1 is 1.00 bits per heavy atom. The Morgan fingerprint density at radius 2 is 1.64 bits per heavy atom. The van der Waals surface area contributed by atoms with Crippen molar-refractivity contribution in [1.29, 1.82) is 0 Å². The summed E-state index contributed by atoms with van der Waals surface area (Å²) in [5, 5.41) is 12.3. The molecule has 128 valence electrons. The van der Waals surface area contributed by atoms with E-state index in [9.17, 15) is 4.79 Å². The zero-order valence-electron chi connectivity index (χ0n) is 14.0. The Labute approximate surface area is 150 Å². The maximum absolute atomic E-state index is 12.8. The standard InChI is InChI=1S/C19H19N3O2S/c1-13(2)18-21-22-19(25-18)20-17(23)16(14-9-5-3-6-10-14)24-15-11-7-4-8-12-15/h3-13,16H,1-2H3,(H,20,22,23)/t16-/m1/s1. The van der Waals surface area contributed by atoms with E-state index in [1.165, 1.54) is 11.3 Å². The lowest BCUT2D eigenvalue weighted by atomic mass is 10.1. The highest BCUT2D eigenvalue weighted by molar-refractivity contribution is 7.15. The van der Waals surface area contributed by atoms with Crippen molar-refractivity contribution in [3.05, 3.63) is 71.2 Å². The molecule has 1 amide bonds. The fourth-order valence-electron chi connectivity index (χ4n) is 2.23. The van der Waals surface area contributed by atoms with Gasteiger partial charge >= 0.3 is 0 Å². The molecule has 0 bridgehead atoms. The van der Waals surface area contributed by atoms with Crippen molar-refractivity contribution in [1.82, 2.24) is 10.2 Å². The van der Waals surface area contributed by atoms with E-state index in [2.05, 4.69) is 15.5 Å². The fourth-order valence-corrected chi connectivity index (χ4v) is 2.97. The van der Waals surface area contributed by atoms with Crippen molar-refractivity contribution in [2.45, 2.75) is 25.9 Å². The van der Waals surface area contributed by atoms with E-state index in [4.69, 9.17) is 4.74 Å². The molecule has 0 unspecified atom stereocenters. The maximum Gasteiger partial charge on any atom is 0.272 e. The highest BCUT2D eigenvalue weighted by atomic mass is 32.1. The predicted molar refractivity (Wildman–Crippen MR) is 98.9 cm³/mol. The van der Waals surface area contributed by atoms with Crippen LogP contribution < -0.4 is 10.1 Å². The summed E-state index contributed by atoms with van der Waals surface area (Å²) in [6.45, 7) is 4.08. The van der Waals surface area contributed by atoms with Crippen molar-refractivity contribution in [3.63, 3.8) is 0 Å². The molecular formula is C19H19N3O2S. The van der Waals surface area contributed by atoms with Crippen LogP contribution in [0.15, 0.2) is 60.7 Å². The van der Waals surface area contributed by atoms with Crippen LogP contribution in [0.25, 0.3) is 0 Å². The Hall–Kier alpha value is -2.73. The van der Waals surface area contributed by atoms with Gasteiger partial charge in [0.15, 0.2) is 0 Å². The van der Waals surface area contributed by atoms with E-state index in [1.54, 1.807) is 0 Å². The Balaban J connectivity index is 1.81. The largest absolute Gasteiger partial charge is 0.476 e. The third-order valence-electron chi connectivity index (χ3n) is 3.50. The third-order valence-corrected chi connectivity index (χ3v) is 4.64. The first kappa shape index (κ1) is 17.1. The number of anilines is 1. The van der Waals surface area contributed by atoms with E-state index in [0.717, 1.165) is 10.6 Å². The van der Waals surface area contributed by atoms with Crippen molar-refractivity contribution in [2.75, 3.05) is 5.32 Å². The van der Waals surface area contributed by atoms with Crippen molar-refractivity contribution in [2.24, 2.45) is 0 Å². The molecule has 6 heteroatoms. The molecule has 3 aromatic rings. The number of amides is 1. The number of benzene rings is 2. The van der Waals surface area contributed by atoms with E-state index in [-0.39, 0.29) is 11.8 Å². The quantitative estimate of drug-likeness (QED) is 0.712. The number of nitrogens with zero attached hydrogens (tertiary/aromatic N) is 2. The monoisotopic (exact) mass is 353 g/mol. The minimum Gasteiger partial charge on any atom is -0.476 e. The average Bonchev–Trinajstić information content (AvgIpc) is 3.10. The molecule has 0 spiro atoms. The molecule has 1 heterocycles. The molecule has 3 rings (SSSR count). The van der Waals surface area contributed by atoms with Crippen LogP contribution in [0.5, 0.6) is 5.75 Å². The van der Waals surface area contributed by atoms with Gasteiger partial charge in [0.25, 0.3) is 5.91 Å². The number of rotatable bonds is 6. The second kappa shape index (κ2) is 7.90. The van der Waals surface area contributed by atoms with Crippen molar-refractivity contribution in [3.8, 4) is 5.75 Å². The molecule has 1 N–H and O–H groups in total. The number of para-hydroxylation sites is 1. The maximum atomic E-state index is 12.8. The Morgan fingerprint density at radius 3 is 2.24 bits per heavy atom. The van der Waals surface area contributed by atoms with Gasteiger partial charge in [-0.3, -0.25) is 10.1 Å². The second-order valence-electron chi connectivity index (χ2n) is 5.81. The number of carbonyl (C=O) groups is 1. The lowest BCUT2D eigenvalue weighted by Crippen LogP contribution is -2.25. The molecular weight excluding hydrogens is 334 g/mol. The fraction of sp³-hybridized carbons (Fsp3) is 0.211. The number of nitrogens with one attached hydrogen (secondary N) is 1. The van der Waals surface area contributed by atoms with Crippen molar-refractivity contribution >= 4 is 22.4 Å². The van der Waals surface area contributed by atoms with Crippen LogP contribution in [0, 0.1) is 0 Å². The normalized spacial score (nSPS) is 12.0. The molecule has 0 aliphatic heterocycles. The van der Waals surface area contributed by atoms with Crippen LogP contribution >= 0.6 is 11.3 Å². The number of hydrogen-bond donors (Lipinski definition) is 1. The van der Waals surface area contributed by atoms with Crippen LogP contribution in [0.3, 0.4) is 0 Å². The van der Waals surface area contributed by atoms with Gasteiger partial charge in [-0.15, -0.1) is 10.2 Å². The van der Waals surface area contributed by atoms with Gasteiger partial charge in [0, 0.05) is 11.5 Å². The summed E-state index contributed by atoms with van der Waals surface area (Å²) in [4.78, 5) is 12.8. The van der Waals surface area contributed by atoms with Gasteiger partial charge < -0.3 is 4.74 Å². The molecule has 0 saturated carbocycles. The van der Waals surface area contributed by atoms with Gasteiger partial charge in [-0.1, -0.05) is 73.7 Å². The molecule has 0 aliphatic rings. The molecule has 0 aliphatic carbocycles. The average molecular weight is 353 g/mol. The van der Waals surface area contributed by atoms with Gasteiger partial charge in [0.05, 0.1) is 0 Å². The predicted octanol–water partition coefficient (Wildman–Crippen LogP) is 4.42. The van der Waals surface area contributed by atoms with Crippen LogP contribution in [-0.2, 0) is 4.79 Å². The van der Waals surface area contributed by atoms with E-state index in [0.29, 0.717) is 10.9 Å². The highest BCUT2D eigenvalue weighted by Crippen LogP contribution is 2.26. The summed E-state index contributed by atoms with van der Waals surface area (Å²) in [7, 11) is 0. The molecule has 0 fully saturated rings. The SMILES string of the molecule is CC(C)c1nnc(NC(=O)[C@H](Oc2ccccc2)c2ccccc2)s1. The third kappa shape index (κ3) is 4.42. The van der Waals surface area contributed by atoms with Crippen LogP contribution in [0.2, 0.25) is 0 Å². The summed E-state index contributed by atoms with van der Waals surface area (Å²) in [5.41, 5.74) is 0.775. The molecule has 1 aromatic heterocycles.